The SMILES string of the molecule is COc1nc(NC[C@H]2CCC[C@@H](c3ccc(C)cc3)O2)c(C)c(C(=O)N2CCC(N[C@@H]3CCOC[C@@H]3OC)CC2)n1. The average Bonchev–Trinajstić information content (AvgIpc) is 3.01. The monoisotopic (exact) mass is 567 g/mol. The largest absolute Gasteiger partial charge is 0.467 e. The molecule has 3 saturated heterocycles. The van der Waals surface area contributed by atoms with Crippen LogP contribution in [0, 0.1) is 13.8 Å². The lowest BCUT2D eigenvalue weighted by Gasteiger charge is -2.38. The number of nitrogens with zero attached hydrogens (tertiary/aromatic N) is 3. The van der Waals surface area contributed by atoms with E-state index in [0.717, 1.165) is 50.7 Å². The fourth-order valence-corrected chi connectivity index (χ4v) is 6.09. The summed E-state index contributed by atoms with van der Waals surface area (Å²) in [7, 11) is 3.26. The van der Waals surface area contributed by atoms with E-state index in [1.807, 2.05) is 11.8 Å². The van der Waals surface area contributed by atoms with Gasteiger partial charge in [0.1, 0.15) is 11.5 Å². The Morgan fingerprint density at radius 2 is 1.83 bits per heavy atom. The van der Waals surface area contributed by atoms with Crippen molar-refractivity contribution >= 4 is 11.7 Å². The summed E-state index contributed by atoms with van der Waals surface area (Å²) in [5, 5.41) is 7.19. The molecule has 0 unspecified atom stereocenters. The van der Waals surface area contributed by atoms with E-state index in [1.54, 1.807) is 7.11 Å². The summed E-state index contributed by atoms with van der Waals surface area (Å²) in [6.07, 6.45) is 6.01. The second-order valence-electron chi connectivity index (χ2n) is 11.5. The van der Waals surface area contributed by atoms with Crippen LogP contribution in [-0.4, -0.2) is 92.1 Å². The third-order valence-corrected chi connectivity index (χ3v) is 8.64. The molecule has 3 aliphatic rings. The van der Waals surface area contributed by atoms with Crippen molar-refractivity contribution in [3.05, 3.63) is 46.6 Å². The summed E-state index contributed by atoms with van der Waals surface area (Å²) in [6, 6.07) is 9.40. The number of rotatable bonds is 9. The van der Waals surface area contributed by atoms with Crippen LogP contribution in [0.25, 0.3) is 0 Å². The van der Waals surface area contributed by atoms with E-state index in [-0.39, 0.29) is 36.3 Å². The van der Waals surface area contributed by atoms with E-state index in [2.05, 4.69) is 51.8 Å². The predicted octanol–water partition coefficient (Wildman–Crippen LogP) is 3.82. The van der Waals surface area contributed by atoms with Gasteiger partial charge in [0.15, 0.2) is 0 Å². The first-order valence-corrected chi connectivity index (χ1v) is 15.0. The van der Waals surface area contributed by atoms with Crippen molar-refractivity contribution in [2.24, 2.45) is 0 Å². The quantitative estimate of drug-likeness (QED) is 0.468. The molecule has 224 valence electrons. The Labute approximate surface area is 243 Å². The summed E-state index contributed by atoms with van der Waals surface area (Å²) in [4.78, 5) is 24.5. The molecule has 5 rings (SSSR count). The molecular formula is C31H45N5O5. The highest BCUT2D eigenvalue weighted by Gasteiger charge is 2.32. The molecule has 3 fully saturated rings. The van der Waals surface area contributed by atoms with Crippen molar-refractivity contribution in [3.8, 4) is 6.01 Å². The smallest absolute Gasteiger partial charge is 0.318 e. The standard InChI is InChI=1S/C31H45N5O5/c1-20-8-10-22(11-9-20)26-7-5-6-24(41-26)18-32-29-21(2)28(34-31(35-29)39-4)30(37)36-15-12-23(13-16-36)33-25-14-17-40-19-27(25)38-3/h8-11,23-27,33H,5-7,12-19H2,1-4H3,(H,32,34,35)/t24-,25-,26+,27+/m1/s1. The van der Waals surface area contributed by atoms with E-state index in [1.165, 1.54) is 18.2 Å². The van der Waals surface area contributed by atoms with Crippen LogP contribution in [0.15, 0.2) is 24.3 Å². The molecule has 0 radical (unpaired) electrons. The Morgan fingerprint density at radius 1 is 1.05 bits per heavy atom. The number of methoxy groups -OCH3 is 2. The van der Waals surface area contributed by atoms with Crippen molar-refractivity contribution in [1.29, 1.82) is 0 Å². The zero-order valence-electron chi connectivity index (χ0n) is 24.9. The molecule has 2 aromatic rings. The highest BCUT2D eigenvalue weighted by molar-refractivity contribution is 5.95. The lowest BCUT2D eigenvalue weighted by molar-refractivity contribution is -0.0533. The maximum absolute atomic E-state index is 13.6. The number of benzene rings is 1. The van der Waals surface area contributed by atoms with Crippen molar-refractivity contribution in [3.63, 3.8) is 0 Å². The number of ether oxygens (including phenoxy) is 4. The summed E-state index contributed by atoms with van der Waals surface area (Å²) in [5.74, 6) is 0.529. The summed E-state index contributed by atoms with van der Waals surface area (Å²) in [5.41, 5.74) is 3.58. The highest BCUT2D eigenvalue weighted by Crippen LogP contribution is 2.32. The second kappa shape index (κ2) is 13.9. The van der Waals surface area contributed by atoms with Gasteiger partial charge in [-0.05, 0) is 57.9 Å². The van der Waals surface area contributed by atoms with Gasteiger partial charge in [0, 0.05) is 51.0 Å². The zero-order chi connectivity index (χ0) is 28.8. The van der Waals surface area contributed by atoms with Gasteiger partial charge in [0.2, 0.25) is 0 Å². The number of amides is 1. The number of carbonyl (C=O) groups excluding carboxylic acids is 1. The van der Waals surface area contributed by atoms with Gasteiger partial charge in [0.25, 0.3) is 5.91 Å². The Morgan fingerprint density at radius 3 is 2.56 bits per heavy atom. The van der Waals surface area contributed by atoms with Crippen LogP contribution in [0.4, 0.5) is 5.82 Å². The number of aromatic nitrogens is 2. The zero-order valence-corrected chi connectivity index (χ0v) is 24.9. The summed E-state index contributed by atoms with van der Waals surface area (Å²) >= 11 is 0. The Kier molecular flexibility index (Phi) is 10.1. The number of piperidine rings is 1. The van der Waals surface area contributed by atoms with Crippen LogP contribution >= 0.6 is 0 Å². The number of carbonyl (C=O) groups is 1. The van der Waals surface area contributed by atoms with E-state index in [0.29, 0.717) is 43.8 Å². The molecule has 1 amide bonds. The van der Waals surface area contributed by atoms with Gasteiger partial charge in [-0.15, -0.1) is 0 Å². The first-order chi connectivity index (χ1) is 19.9. The number of aryl methyl sites for hydroxylation is 1. The number of hydrogen-bond donors (Lipinski definition) is 2. The van der Waals surface area contributed by atoms with Gasteiger partial charge in [0.05, 0.1) is 32.0 Å². The average molecular weight is 568 g/mol. The topological polar surface area (TPSA) is 107 Å². The molecule has 3 aliphatic heterocycles. The minimum Gasteiger partial charge on any atom is -0.467 e. The molecule has 2 N–H and O–H groups in total. The summed E-state index contributed by atoms with van der Waals surface area (Å²) < 4.78 is 23.0. The van der Waals surface area contributed by atoms with E-state index in [4.69, 9.17) is 18.9 Å². The number of likely N-dealkylation sites (tertiary alicyclic amines) is 1. The molecule has 4 atom stereocenters. The predicted molar refractivity (Wildman–Crippen MR) is 157 cm³/mol. The molecule has 10 nitrogen and oxygen atoms in total. The molecule has 0 aliphatic carbocycles. The lowest BCUT2D eigenvalue weighted by atomic mass is 9.97. The molecule has 0 spiro atoms. The van der Waals surface area contributed by atoms with Gasteiger partial charge in [-0.2, -0.15) is 9.97 Å². The van der Waals surface area contributed by atoms with Gasteiger partial charge in [-0.25, -0.2) is 0 Å². The Hall–Kier alpha value is -2.79. The summed E-state index contributed by atoms with van der Waals surface area (Å²) in [6.45, 7) is 7.31. The van der Waals surface area contributed by atoms with Crippen LogP contribution in [0.2, 0.25) is 0 Å². The second-order valence-corrected chi connectivity index (χ2v) is 11.5. The third-order valence-electron chi connectivity index (χ3n) is 8.64. The first kappa shape index (κ1) is 29.7. The van der Waals surface area contributed by atoms with E-state index < -0.39 is 0 Å². The first-order valence-electron chi connectivity index (χ1n) is 15.0. The lowest BCUT2D eigenvalue weighted by Crippen LogP contribution is -2.54. The minimum atomic E-state index is -0.0844. The Bertz CT molecular complexity index is 1150. The van der Waals surface area contributed by atoms with Gasteiger partial charge >= 0.3 is 6.01 Å². The molecule has 1 aromatic heterocycles. The number of hydrogen-bond acceptors (Lipinski definition) is 9. The van der Waals surface area contributed by atoms with Crippen LogP contribution in [0.5, 0.6) is 6.01 Å². The Balaban J connectivity index is 1.19. The fraction of sp³-hybridized carbons (Fsp3) is 0.645. The number of nitrogens with one attached hydrogen (secondary N) is 2. The molecule has 0 bridgehead atoms. The molecule has 41 heavy (non-hydrogen) atoms. The van der Waals surface area contributed by atoms with Gasteiger partial charge in [-0.3, -0.25) is 4.79 Å². The highest BCUT2D eigenvalue weighted by atomic mass is 16.5. The molecule has 10 heteroatoms. The molecule has 4 heterocycles. The molecule has 0 saturated carbocycles. The van der Waals surface area contributed by atoms with Gasteiger partial charge < -0.3 is 34.5 Å². The van der Waals surface area contributed by atoms with Crippen molar-refractivity contribution in [2.45, 2.75) is 82.8 Å². The fourth-order valence-electron chi connectivity index (χ4n) is 6.09. The van der Waals surface area contributed by atoms with Crippen molar-refractivity contribution in [2.75, 3.05) is 52.4 Å². The normalized spacial score (nSPS) is 25.6. The maximum atomic E-state index is 13.6. The third kappa shape index (κ3) is 7.35. The van der Waals surface area contributed by atoms with Gasteiger partial charge in [-0.1, -0.05) is 29.8 Å². The van der Waals surface area contributed by atoms with Crippen molar-refractivity contribution in [1.82, 2.24) is 20.2 Å². The van der Waals surface area contributed by atoms with Crippen LogP contribution < -0.4 is 15.4 Å². The number of anilines is 1. The van der Waals surface area contributed by atoms with Crippen LogP contribution in [-0.2, 0) is 14.2 Å². The van der Waals surface area contributed by atoms with E-state index in [9.17, 15) is 4.79 Å². The van der Waals surface area contributed by atoms with Crippen LogP contribution in [0.3, 0.4) is 0 Å². The van der Waals surface area contributed by atoms with Crippen LogP contribution in [0.1, 0.15) is 71.8 Å². The van der Waals surface area contributed by atoms with Crippen molar-refractivity contribution < 1.29 is 23.7 Å². The van der Waals surface area contributed by atoms with E-state index >= 15 is 0 Å². The maximum Gasteiger partial charge on any atom is 0.318 e. The molecular weight excluding hydrogens is 522 g/mol. The minimum absolute atomic E-state index is 0.0505. The molecule has 1 aromatic carbocycles.